The van der Waals surface area contributed by atoms with Crippen LogP contribution < -0.4 is 10.6 Å². The summed E-state index contributed by atoms with van der Waals surface area (Å²) in [4.78, 5) is 25.4. The van der Waals surface area contributed by atoms with E-state index in [2.05, 4.69) is 10.2 Å². The van der Waals surface area contributed by atoms with Gasteiger partial charge >= 0.3 is 0 Å². The molecule has 3 rings (SSSR count). The van der Waals surface area contributed by atoms with Crippen molar-refractivity contribution in [1.82, 2.24) is 14.8 Å². The van der Waals surface area contributed by atoms with E-state index in [9.17, 15) is 14.0 Å². The molecule has 3 aromatic rings. The first-order valence-electron chi connectivity index (χ1n) is 8.93. The van der Waals surface area contributed by atoms with Crippen LogP contribution in [0.25, 0.3) is 11.6 Å². The normalized spacial score (nSPS) is 10.8. The summed E-state index contributed by atoms with van der Waals surface area (Å²) in [5.74, 6) is 0.0433. The molecule has 8 nitrogen and oxygen atoms in total. The van der Waals surface area contributed by atoms with Crippen LogP contribution in [-0.2, 0) is 16.1 Å². The Kier molecular flexibility index (Phi) is 6.65. The number of nitrogens with two attached hydrogens (primary N) is 1. The Morgan fingerprint density at radius 3 is 2.62 bits per heavy atom. The second-order valence-electron chi connectivity index (χ2n) is 6.05. The van der Waals surface area contributed by atoms with E-state index in [0.29, 0.717) is 29.0 Å². The highest BCUT2D eigenvalue weighted by Crippen LogP contribution is 2.25. The highest BCUT2D eigenvalue weighted by molar-refractivity contribution is 7.99. The fourth-order valence-electron chi connectivity index (χ4n) is 2.71. The number of nitrogens with zero attached hydrogens (tertiary/aromatic N) is 4. The zero-order chi connectivity index (χ0) is 20.8. The number of halogens is 1. The lowest BCUT2D eigenvalue weighted by Gasteiger charge is -2.22. The van der Waals surface area contributed by atoms with E-state index in [1.165, 1.54) is 40.9 Å². The number of carbonyl (C=O) groups excluding carboxylic acids is 2. The number of aromatic nitrogens is 3. The number of primary amides is 1. The molecule has 2 amide bonds. The molecule has 0 bridgehead atoms. The van der Waals surface area contributed by atoms with Crippen LogP contribution in [0.2, 0.25) is 0 Å². The van der Waals surface area contributed by atoms with Crippen molar-refractivity contribution in [2.24, 2.45) is 5.73 Å². The van der Waals surface area contributed by atoms with Gasteiger partial charge in [0.1, 0.15) is 5.82 Å². The topological polar surface area (TPSA) is 107 Å². The quantitative estimate of drug-likeness (QED) is 0.537. The Morgan fingerprint density at radius 1 is 1.24 bits per heavy atom. The maximum absolute atomic E-state index is 13.2. The number of thioether (sulfide) groups is 1. The molecule has 152 valence electrons. The first-order chi connectivity index (χ1) is 14.0. The van der Waals surface area contributed by atoms with E-state index in [1.54, 1.807) is 18.4 Å². The van der Waals surface area contributed by atoms with Crippen molar-refractivity contribution in [3.8, 4) is 11.6 Å². The van der Waals surface area contributed by atoms with Gasteiger partial charge in [0.2, 0.25) is 11.8 Å². The van der Waals surface area contributed by atoms with Gasteiger partial charge in [-0.1, -0.05) is 11.8 Å². The summed E-state index contributed by atoms with van der Waals surface area (Å²) in [5, 5.41) is 8.88. The van der Waals surface area contributed by atoms with Crippen molar-refractivity contribution < 1.29 is 18.4 Å². The number of benzene rings is 1. The molecule has 0 fully saturated rings. The van der Waals surface area contributed by atoms with Gasteiger partial charge in [-0.05, 0) is 43.3 Å². The van der Waals surface area contributed by atoms with Gasteiger partial charge in [0.15, 0.2) is 16.7 Å². The van der Waals surface area contributed by atoms with Crippen LogP contribution in [-0.4, -0.2) is 38.9 Å². The lowest BCUT2D eigenvalue weighted by atomic mass is 10.2. The number of hydrogen-bond acceptors (Lipinski definition) is 6. The Bertz CT molecular complexity index is 972. The second-order valence-corrected chi connectivity index (χ2v) is 7.00. The first kappa shape index (κ1) is 20.6. The molecule has 10 heteroatoms. The average Bonchev–Trinajstić information content (AvgIpc) is 3.36. The van der Waals surface area contributed by atoms with Gasteiger partial charge in [-0.2, -0.15) is 0 Å². The van der Waals surface area contributed by atoms with Crippen molar-refractivity contribution in [1.29, 1.82) is 0 Å². The van der Waals surface area contributed by atoms with Gasteiger partial charge in [-0.25, -0.2) is 4.39 Å². The van der Waals surface area contributed by atoms with Crippen LogP contribution in [0.1, 0.15) is 13.3 Å². The van der Waals surface area contributed by atoms with Gasteiger partial charge in [0.25, 0.3) is 0 Å². The molecule has 0 unspecified atom stereocenters. The van der Waals surface area contributed by atoms with Crippen LogP contribution in [0.4, 0.5) is 10.1 Å². The molecule has 0 saturated carbocycles. The SMILES string of the molecule is CCn1c(SCC(=O)N(CCC(N)=O)c2ccc(F)cc2)nnc1-c1ccco1. The number of amides is 2. The lowest BCUT2D eigenvalue weighted by molar-refractivity contribution is -0.118. The highest BCUT2D eigenvalue weighted by Gasteiger charge is 2.20. The monoisotopic (exact) mass is 417 g/mol. The number of anilines is 1. The van der Waals surface area contributed by atoms with E-state index in [1.807, 2.05) is 11.5 Å². The van der Waals surface area contributed by atoms with Crippen molar-refractivity contribution in [3.05, 3.63) is 48.5 Å². The molecule has 0 aliphatic heterocycles. The minimum atomic E-state index is -0.522. The smallest absolute Gasteiger partial charge is 0.237 e. The van der Waals surface area contributed by atoms with Crippen molar-refractivity contribution >= 4 is 29.3 Å². The zero-order valence-electron chi connectivity index (χ0n) is 15.7. The summed E-state index contributed by atoms with van der Waals surface area (Å²) < 4.78 is 20.5. The van der Waals surface area contributed by atoms with E-state index >= 15 is 0 Å². The fourth-order valence-corrected chi connectivity index (χ4v) is 3.59. The third kappa shape index (κ3) is 5.02. The summed E-state index contributed by atoms with van der Waals surface area (Å²) in [6.45, 7) is 2.65. The summed E-state index contributed by atoms with van der Waals surface area (Å²) in [6.07, 6.45) is 1.56. The van der Waals surface area contributed by atoms with E-state index < -0.39 is 11.7 Å². The molecule has 1 aromatic carbocycles. The maximum Gasteiger partial charge on any atom is 0.237 e. The molecule has 2 heterocycles. The van der Waals surface area contributed by atoms with Gasteiger partial charge in [0.05, 0.1) is 12.0 Å². The minimum Gasteiger partial charge on any atom is -0.461 e. The number of furan rings is 1. The molecule has 29 heavy (non-hydrogen) atoms. The Labute approximate surface area is 170 Å². The van der Waals surface area contributed by atoms with Gasteiger partial charge < -0.3 is 15.1 Å². The summed E-state index contributed by atoms with van der Waals surface area (Å²) in [6, 6.07) is 9.05. The highest BCUT2D eigenvalue weighted by atomic mass is 32.2. The zero-order valence-corrected chi connectivity index (χ0v) is 16.6. The summed E-state index contributed by atoms with van der Waals surface area (Å²) in [5.41, 5.74) is 5.71. The fraction of sp³-hybridized carbons (Fsp3) is 0.263. The maximum atomic E-state index is 13.2. The van der Waals surface area contributed by atoms with Crippen LogP contribution in [0.3, 0.4) is 0 Å². The van der Waals surface area contributed by atoms with Crippen LogP contribution in [0, 0.1) is 5.82 Å². The number of rotatable bonds is 9. The Hall–Kier alpha value is -3.14. The third-order valence-corrected chi connectivity index (χ3v) is 5.07. The van der Waals surface area contributed by atoms with E-state index in [0.717, 1.165) is 0 Å². The molecule has 2 aromatic heterocycles. The van der Waals surface area contributed by atoms with Crippen LogP contribution in [0.15, 0.2) is 52.2 Å². The van der Waals surface area contributed by atoms with Crippen molar-refractivity contribution in [3.63, 3.8) is 0 Å². The largest absolute Gasteiger partial charge is 0.461 e. The Balaban J connectivity index is 1.74. The summed E-state index contributed by atoms with van der Waals surface area (Å²) in [7, 11) is 0. The predicted octanol–water partition coefficient (Wildman–Crippen LogP) is 2.70. The molecule has 0 aliphatic rings. The molecule has 0 atom stereocenters. The molecule has 0 radical (unpaired) electrons. The van der Waals surface area contributed by atoms with Gasteiger partial charge in [-0.3, -0.25) is 14.2 Å². The third-order valence-electron chi connectivity index (χ3n) is 4.12. The molecule has 0 spiro atoms. The van der Waals surface area contributed by atoms with Gasteiger partial charge in [-0.15, -0.1) is 10.2 Å². The molecule has 0 aliphatic carbocycles. The van der Waals surface area contributed by atoms with E-state index in [-0.39, 0.29) is 24.6 Å². The average molecular weight is 417 g/mol. The standard InChI is InChI=1S/C19H20FN5O3S/c1-2-24-18(15-4-3-11-28-15)22-23-19(24)29-12-17(27)25(10-9-16(21)26)14-7-5-13(20)6-8-14/h3-8,11H,2,9-10,12H2,1H3,(H2,21,26). The number of hydrogen-bond donors (Lipinski definition) is 1. The molecular formula is C19H20FN5O3S. The molecular weight excluding hydrogens is 397 g/mol. The Morgan fingerprint density at radius 2 is 2.00 bits per heavy atom. The molecule has 2 N–H and O–H groups in total. The van der Waals surface area contributed by atoms with Crippen molar-refractivity contribution in [2.75, 3.05) is 17.2 Å². The van der Waals surface area contributed by atoms with Gasteiger partial charge in [0, 0.05) is 25.2 Å². The van der Waals surface area contributed by atoms with Crippen LogP contribution >= 0.6 is 11.8 Å². The lowest BCUT2D eigenvalue weighted by Crippen LogP contribution is -2.35. The predicted molar refractivity (Wildman–Crippen MR) is 107 cm³/mol. The van der Waals surface area contributed by atoms with Crippen LogP contribution in [0.5, 0.6) is 0 Å². The summed E-state index contributed by atoms with van der Waals surface area (Å²) >= 11 is 1.22. The second kappa shape index (κ2) is 9.37. The molecule has 0 saturated heterocycles. The number of carbonyl (C=O) groups is 2. The minimum absolute atomic E-state index is 0.00155. The van der Waals surface area contributed by atoms with E-state index in [4.69, 9.17) is 10.2 Å². The van der Waals surface area contributed by atoms with Crippen molar-refractivity contribution in [2.45, 2.75) is 25.0 Å². The first-order valence-corrected chi connectivity index (χ1v) is 9.92.